The number of benzene rings is 1. The van der Waals surface area contributed by atoms with Crippen molar-refractivity contribution in [1.29, 1.82) is 0 Å². The SMILES string of the molecule is Cc1c(F)cccc1Nc1cccc(C(N)=S)n1. The molecular formula is C13H12FN3S. The molecule has 0 aliphatic rings. The summed E-state index contributed by atoms with van der Waals surface area (Å²) in [6, 6.07) is 10.1. The molecule has 0 saturated carbocycles. The maximum absolute atomic E-state index is 13.4. The maximum atomic E-state index is 13.4. The molecule has 1 heterocycles. The highest BCUT2D eigenvalue weighted by Crippen LogP contribution is 2.21. The lowest BCUT2D eigenvalue weighted by Crippen LogP contribution is -2.12. The highest BCUT2D eigenvalue weighted by molar-refractivity contribution is 7.80. The van der Waals surface area contributed by atoms with Gasteiger partial charge in [0.05, 0.1) is 5.69 Å². The Morgan fingerprint density at radius 3 is 2.72 bits per heavy atom. The largest absolute Gasteiger partial charge is 0.388 e. The van der Waals surface area contributed by atoms with Crippen LogP contribution in [0, 0.1) is 12.7 Å². The lowest BCUT2D eigenvalue weighted by molar-refractivity contribution is 0.619. The number of nitrogens with one attached hydrogen (secondary N) is 1. The fourth-order valence-corrected chi connectivity index (χ4v) is 1.64. The van der Waals surface area contributed by atoms with Gasteiger partial charge in [0.1, 0.15) is 16.6 Å². The van der Waals surface area contributed by atoms with Crippen LogP contribution in [-0.2, 0) is 0 Å². The zero-order valence-corrected chi connectivity index (χ0v) is 10.6. The second kappa shape index (κ2) is 5.10. The molecule has 5 heteroatoms. The van der Waals surface area contributed by atoms with Crippen LogP contribution < -0.4 is 11.1 Å². The molecule has 92 valence electrons. The van der Waals surface area contributed by atoms with Crippen molar-refractivity contribution in [2.75, 3.05) is 5.32 Å². The summed E-state index contributed by atoms with van der Waals surface area (Å²) in [5, 5.41) is 3.04. The molecule has 0 atom stereocenters. The predicted molar refractivity (Wildman–Crippen MR) is 74.5 cm³/mol. The first-order chi connectivity index (χ1) is 8.58. The quantitative estimate of drug-likeness (QED) is 0.834. The van der Waals surface area contributed by atoms with Crippen LogP contribution in [-0.4, -0.2) is 9.97 Å². The van der Waals surface area contributed by atoms with Crippen molar-refractivity contribution in [3.05, 3.63) is 53.5 Å². The van der Waals surface area contributed by atoms with E-state index in [1.165, 1.54) is 6.07 Å². The number of nitrogens with two attached hydrogens (primary N) is 1. The summed E-state index contributed by atoms with van der Waals surface area (Å²) in [5.41, 5.74) is 7.25. The second-order valence-electron chi connectivity index (χ2n) is 3.81. The van der Waals surface area contributed by atoms with Crippen molar-refractivity contribution < 1.29 is 4.39 Å². The molecule has 18 heavy (non-hydrogen) atoms. The van der Waals surface area contributed by atoms with Gasteiger partial charge in [-0.15, -0.1) is 0 Å². The summed E-state index contributed by atoms with van der Waals surface area (Å²) in [6.07, 6.45) is 0. The van der Waals surface area contributed by atoms with Crippen LogP contribution >= 0.6 is 12.2 Å². The molecule has 0 saturated heterocycles. The molecule has 0 fully saturated rings. The Morgan fingerprint density at radius 2 is 2.00 bits per heavy atom. The number of hydrogen-bond donors (Lipinski definition) is 2. The van der Waals surface area contributed by atoms with Gasteiger partial charge >= 0.3 is 0 Å². The molecule has 0 amide bonds. The van der Waals surface area contributed by atoms with E-state index in [0.717, 1.165) is 0 Å². The molecule has 1 aromatic heterocycles. The Morgan fingerprint density at radius 1 is 1.28 bits per heavy atom. The summed E-state index contributed by atoms with van der Waals surface area (Å²) >= 11 is 4.86. The molecule has 0 aliphatic carbocycles. The van der Waals surface area contributed by atoms with Crippen LogP contribution in [0.2, 0.25) is 0 Å². The number of anilines is 2. The van der Waals surface area contributed by atoms with Gasteiger partial charge in [-0.3, -0.25) is 0 Å². The molecule has 0 bridgehead atoms. The van der Waals surface area contributed by atoms with Gasteiger partial charge in [0.25, 0.3) is 0 Å². The molecule has 0 unspecified atom stereocenters. The van der Waals surface area contributed by atoms with Crippen molar-refractivity contribution in [3.8, 4) is 0 Å². The summed E-state index contributed by atoms with van der Waals surface area (Å²) in [4.78, 5) is 4.47. The molecule has 2 aromatic rings. The number of hydrogen-bond acceptors (Lipinski definition) is 3. The number of nitrogens with zero attached hydrogens (tertiary/aromatic N) is 1. The summed E-state index contributed by atoms with van der Waals surface area (Å²) in [6.45, 7) is 1.70. The molecule has 0 radical (unpaired) electrons. The van der Waals surface area contributed by atoms with Crippen LogP contribution in [0.1, 0.15) is 11.3 Å². The predicted octanol–water partition coefficient (Wildman–Crippen LogP) is 2.91. The van der Waals surface area contributed by atoms with Crippen molar-refractivity contribution >= 4 is 28.7 Å². The van der Waals surface area contributed by atoms with Crippen LogP contribution in [0.4, 0.5) is 15.9 Å². The zero-order valence-electron chi connectivity index (χ0n) is 9.77. The highest BCUT2D eigenvalue weighted by atomic mass is 32.1. The number of rotatable bonds is 3. The van der Waals surface area contributed by atoms with Gasteiger partial charge in [0.2, 0.25) is 0 Å². The van der Waals surface area contributed by atoms with Crippen LogP contribution in [0.25, 0.3) is 0 Å². The number of pyridine rings is 1. The fraction of sp³-hybridized carbons (Fsp3) is 0.0769. The standard InChI is InChI=1S/C13H12FN3S/c1-8-9(14)4-2-5-10(8)16-12-7-3-6-11(17-12)13(15)18/h2-7H,1H3,(H2,15,18)(H,16,17). The highest BCUT2D eigenvalue weighted by Gasteiger charge is 2.05. The number of halogens is 1. The first-order valence-electron chi connectivity index (χ1n) is 5.37. The van der Waals surface area contributed by atoms with E-state index in [-0.39, 0.29) is 10.8 Å². The van der Waals surface area contributed by atoms with E-state index in [0.29, 0.717) is 22.8 Å². The van der Waals surface area contributed by atoms with Gasteiger partial charge in [0.15, 0.2) is 0 Å². The maximum Gasteiger partial charge on any atom is 0.131 e. The Balaban J connectivity index is 2.31. The van der Waals surface area contributed by atoms with Gasteiger partial charge in [0, 0.05) is 11.3 Å². The fourth-order valence-electron chi connectivity index (χ4n) is 1.52. The van der Waals surface area contributed by atoms with Crippen LogP contribution in [0.15, 0.2) is 36.4 Å². The average molecular weight is 261 g/mol. The first kappa shape index (κ1) is 12.4. The van der Waals surface area contributed by atoms with E-state index in [2.05, 4.69) is 10.3 Å². The van der Waals surface area contributed by atoms with Gasteiger partial charge in [-0.25, -0.2) is 9.37 Å². The third kappa shape index (κ3) is 2.62. The smallest absolute Gasteiger partial charge is 0.131 e. The van der Waals surface area contributed by atoms with E-state index in [9.17, 15) is 4.39 Å². The lowest BCUT2D eigenvalue weighted by Gasteiger charge is -2.10. The molecule has 3 N–H and O–H groups in total. The zero-order chi connectivity index (χ0) is 13.1. The molecule has 2 rings (SSSR count). The van der Waals surface area contributed by atoms with Gasteiger partial charge < -0.3 is 11.1 Å². The Hall–Kier alpha value is -2.01. The summed E-state index contributed by atoms with van der Waals surface area (Å²) in [5.74, 6) is 0.319. The van der Waals surface area contributed by atoms with E-state index in [1.54, 1.807) is 37.3 Å². The topological polar surface area (TPSA) is 50.9 Å². The van der Waals surface area contributed by atoms with Gasteiger partial charge in [-0.1, -0.05) is 24.4 Å². The number of thiocarbonyl (C=S) groups is 1. The van der Waals surface area contributed by atoms with Crippen molar-refractivity contribution in [2.24, 2.45) is 5.73 Å². The third-order valence-electron chi connectivity index (χ3n) is 2.53. The Bertz CT molecular complexity index is 599. The minimum absolute atomic E-state index is 0.231. The van der Waals surface area contributed by atoms with Crippen LogP contribution in [0.3, 0.4) is 0 Å². The number of aromatic nitrogens is 1. The van der Waals surface area contributed by atoms with E-state index >= 15 is 0 Å². The monoisotopic (exact) mass is 261 g/mol. The molecule has 3 nitrogen and oxygen atoms in total. The molecular weight excluding hydrogens is 249 g/mol. The van der Waals surface area contributed by atoms with Crippen molar-refractivity contribution in [3.63, 3.8) is 0 Å². The first-order valence-corrected chi connectivity index (χ1v) is 5.78. The van der Waals surface area contributed by atoms with E-state index in [4.69, 9.17) is 18.0 Å². The van der Waals surface area contributed by atoms with Crippen molar-refractivity contribution in [1.82, 2.24) is 4.98 Å². The van der Waals surface area contributed by atoms with Gasteiger partial charge in [-0.2, -0.15) is 0 Å². The van der Waals surface area contributed by atoms with Crippen LogP contribution in [0.5, 0.6) is 0 Å². The Kier molecular flexibility index (Phi) is 3.53. The van der Waals surface area contributed by atoms with E-state index in [1.807, 2.05) is 0 Å². The Labute approximate surface area is 110 Å². The summed E-state index contributed by atoms with van der Waals surface area (Å²) < 4.78 is 13.4. The molecule has 0 aliphatic heterocycles. The minimum atomic E-state index is -0.259. The lowest BCUT2D eigenvalue weighted by atomic mass is 10.2. The molecule has 1 aromatic carbocycles. The normalized spacial score (nSPS) is 10.1. The summed E-state index contributed by atoms with van der Waals surface area (Å²) in [7, 11) is 0. The molecule has 0 spiro atoms. The second-order valence-corrected chi connectivity index (χ2v) is 4.25. The van der Waals surface area contributed by atoms with Crippen molar-refractivity contribution in [2.45, 2.75) is 6.92 Å². The average Bonchev–Trinajstić information content (AvgIpc) is 2.35. The van der Waals surface area contributed by atoms with E-state index < -0.39 is 0 Å². The minimum Gasteiger partial charge on any atom is -0.388 e. The van der Waals surface area contributed by atoms with Gasteiger partial charge in [-0.05, 0) is 31.2 Å². The third-order valence-corrected chi connectivity index (χ3v) is 2.74.